The van der Waals surface area contributed by atoms with Crippen molar-refractivity contribution in [2.24, 2.45) is 0 Å². The molecule has 0 aromatic carbocycles. The molecule has 1 fully saturated rings. The molecule has 0 aromatic rings. The first-order valence-electron chi connectivity index (χ1n) is 10.2. The Morgan fingerprint density at radius 1 is 0.591 bits per heavy atom. The molecule has 1 aliphatic rings. The molecule has 1 saturated carbocycles. The van der Waals surface area contributed by atoms with Crippen molar-refractivity contribution in [3.05, 3.63) is 12.2 Å². The Morgan fingerprint density at radius 3 is 1.41 bits per heavy atom. The molecule has 0 unspecified atom stereocenters. The second kappa shape index (κ2) is 20.7. The van der Waals surface area contributed by atoms with Crippen molar-refractivity contribution in [3.63, 3.8) is 0 Å². The lowest BCUT2D eigenvalue weighted by Crippen LogP contribution is -1.83. The summed E-state index contributed by atoms with van der Waals surface area (Å²) in [6.45, 7) is 2.64. The van der Waals surface area contributed by atoms with Crippen molar-refractivity contribution in [1.82, 2.24) is 0 Å². The Kier molecular flexibility index (Phi) is 20.4. The van der Waals surface area contributed by atoms with Crippen LogP contribution in [-0.4, -0.2) is 11.7 Å². The number of hydrogen-bond donors (Lipinski definition) is 1. The fourth-order valence-electron chi connectivity index (χ4n) is 2.36. The lowest BCUT2D eigenvalue weighted by Gasteiger charge is -1.99. The molecule has 0 amide bonds. The highest BCUT2D eigenvalue weighted by Gasteiger charge is 1.95. The number of rotatable bonds is 15. The number of aliphatic hydroxyl groups is 1. The highest BCUT2D eigenvalue weighted by Crippen LogP contribution is 2.15. The second-order valence-electron chi connectivity index (χ2n) is 6.72. The number of unbranched alkanes of at least 4 members (excludes halogenated alkanes) is 12. The normalized spacial score (nSPS) is 13.2. The standard InChI is InChI=1S/C18H36O.C3H6/c1-2-3-4-5-6-7-8-9-10-11-12-13-14-15-16-17-18-19;1-2-3-1/h9-10,19H,2-8,11-18H2,1H3;1-3H2/b10-9-;. The van der Waals surface area contributed by atoms with Crippen LogP contribution >= 0.6 is 0 Å². The fourth-order valence-corrected chi connectivity index (χ4v) is 2.36. The van der Waals surface area contributed by atoms with Gasteiger partial charge in [-0.1, -0.05) is 96.1 Å². The Labute approximate surface area is 140 Å². The zero-order chi connectivity index (χ0) is 16.1. The van der Waals surface area contributed by atoms with Crippen molar-refractivity contribution in [1.29, 1.82) is 0 Å². The number of allylic oxidation sites excluding steroid dienone is 2. The van der Waals surface area contributed by atoms with Crippen LogP contribution in [0.1, 0.15) is 116 Å². The summed E-state index contributed by atoms with van der Waals surface area (Å²) in [4.78, 5) is 0. The van der Waals surface area contributed by atoms with Crippen LogP contribution < -0.4 is 0 Å². The SMILES string of the molecule is C1CC1.CCCCCCCC/C=C\CCCCCCCCO. The van der Waals surface area contributed by atoms with Crippen LogP contribution in [0.4, 0.5) is 0 Å². The third kappa shape index (κ3) is 24.7. The van der Waals surface area contributed by atoms with Gasteiger partial charge in [0.25, 0.3) is 0 Å². The van der Waals surface area contributed by atoms with E-state index in [1.807, 2.05) is 0 Å². The van der Waals surface area contributed by atoms with Crippen LogP contribution in [0.15, 0.2) is 12.2 Å². The summed E-state index contributed by atoms with van der Waals surface area (Å²) >= 11 is 0. The van der Waals surface area contributed by atoms with E-state index >= 15 is 0 Å². The Bertz CT molecular complexity index is 205. The minimum atomic E-state index is 0.362. The summed E-state index contributed by atoms with van der Waals surface area (Å²) in [6, 6.07) is 0. The van der Waals surface area contributed by atoms with E-state index in [4.69, 9.17) is 5.11 Å². The maximum atomic E-state index is 8.66. The molecule has 0 heterocycles. The molecule has 0 radical (unpaired) electrons. The van der Waals surface area contributed by atoms with Gasteiger partial charge in [-0.05, 0) is 32.1 Å². The molecular formula is C21H42O. The van der Waals surface area contributed by atoms with Gasteiger partial charge in [-0.2, -0.15) is 0 Å². The molecule has 1 nitrogen and oxygen atoms in total. The van der Waals surface area contributed by atoms with Gasteiger partial charge in [0.2, 0.25) is 0 Å². The Morgan fingerprint density at radius 2 is 1.00 bits per heavy atom. The van der Waals surface area contributed by atoms with Gasteiger partial charge in [0.1, 0.15) is 0 Å². The van der Waals surface area contributed by atoms with E-state index in [0.717, 1.165) is 6.42 Å². The summed E-state index contributed by atoms with van der Waals surface area (Å²) in [5.74, 6) is 0. The minimum absolute atomic E-state index is 0.362. The zero-order valence-corrected chi connectivity index (χ0v) is 15.3. The van der Waals surface area contributed by atoms with Crippen LogP contribution in [0, 0.1) is 0 Å². The largest absolute Gasteiger partial charge is 0.396 e. The highest BCUT2D eigenvalue weighted by atomic mass is 16.2. The van der Waals surface area contributed by atoms with Crippen LogP contribution in [0.2, 0.25) is 0 Å². The van der Waals surface area contributed by atoms with Gasteiger partial charge in [0.05, 0.1) is 0 Å². The quantitative estimate of drug-likeness (QED) is 0.251. The fraction of sp³-hybridized carbons (Fsp3) is 0.905. The molecule has 1 heteroatoms. The van der Waals surface area contributed by atoms with Gasteiger partial charge in [-0.3, -0.25) is 0 Å². The molecule has 0 aromatic heterocycles. The van der Waals surface area contributed by atoms with E-state index in [9.17, 15) is 0 Å². The van der Waals surface area contributed by atoms with E-state index in [2.05, 4.69) is 19.1 Å². The van der Waals surface area contributed by atoms with Crippen LogP contribution in [0.25, 0.3) is 0 Å². The number of aliphatic hydroxyl groups excluding tert-OH is 1. The molecule has 132 valence electrons. The molecule has 22 heavy (non-hydrogen) atoms. The van der Waals surface area contributed by atoms with E-state index in [1.165, 1.54) is 103 Å². The molecule has 0 bridgehead atoms. The molecule has 1 N–H and O–H groups in total. The maximum absolute atomic E-state index is 8.66. The summed E-state index contributed by atoms with van der Waals surface area (Å²) in [7, 11) is 0. The van der Waals surface area contributed by atoms with Gasteiger partial charge in [0.15, 0.2) is 0 Å². The van der Waals surface area contributed by atoms with Crippen LogP contribution in [0.3, 0.4) is 0 Å². The highest BCUT2D eigenvalue weighted by molar-refractivity contribution is 4.81. The lowest BCUT2D eigenvalue weighted by molar-refractivity contribution is 0.282. The summed E-state index contributed by atoms with van der Waals surface area (Å²) in [5, 5.41) is 8.66. The van der Waals surface area contributed by atoms with Gasteiger partial charge in [-0.15, -0.1) is 0 Å². The van der Waals surface area contributed by atoms with E-state index in [1.54, 1.807) is 0 Å². The van der Waals surface area contributed by atoms with E-state index < -0.39 is 0 Å². The van der Waals surface area contributed by atoms with Crippen molar-refractivity contribution < 1.29 is 5.11 Å². The first-order chi connectivity index (χ1) is 10.9. The average molecular weight is 311 g/mol. The smallest absolute Gasteiger partial charge is 0.0431 e. The van der Waals surface area contributed by atoms with Crippen molar-refractivity contribution in [2.45, 2.75) is 116 Å². The third-order valence-corrected chi connectivity index (χ3v) is 4.02. The molecule has 0 saturated heterocycles. The van der Waals surface area contributed by atoms with Gasteiger partial charge in [-0.25, -0.2) is 0 Å². The van der Waals surface area contributed by atoms with E-state index in [0.29, 0.717) is 6.61 Å². The van der Waals surface area contributed by atoms with E-state index in [-0.39, 0.29) is 0 Å². The van der Waals surface area contributed by atoms with Crippen LogP contribution in [-0.2, 0) is 0 Å². The third-order valence-electron chi connectivity index (χ3n) is 4.02. The molecular weight excluding hydrogens is 268 g/mol. The first kappa shape index (κ1) is 21.7. The zero-order valence-electron chi connectivity index (χ0n) is 15.3. The van der Waals surface area contributed by atoms with Crippen molar-refractivity contribution in [3.8, 4) is 0 Å². The Hall–Kier alpha value is -0.300. The van der Waals surface area contributed by atoms with Crippen molar-refractivity contribution >= 4 is 0 Å². The predicted molar refractivity (Wildman–Crippen MR) is 100 cm³/mol. The monoisotopic (exact) mass is 310 g/mol. The van der Waals surface area contributed by atoms with Gasteiger partial charge in [0, 0.05) is 6.61 Å². The van der Waals surface area contributed by atoms with Crippen LogP contribution in [0.5, 0.6) is 0 Å². The Balaban J connectivity index is 0.00000129. The summed E-state index contributed by atoms with van der Waals surface area (Å²) < 4.78 is 0. The predicted octanol–water partition coefficient (Wildman–Crippen LogP) is 7.19. The molecule has 0 aliphatic heterocycles. The summed E-state index contributed by atoms with van der Waals surface area (Å²) in [5.41, 5.74) is 0. The molecule has 0 spiro atoms. The minimum Gasteiger partial charge on any atom is -0.396 e. The number of hydrogen-bond acceptors (Lipinski definition) is 1. The summed E-state index contributed by atoms with van der Waals surface area (Å²) in [6.07, 6.45) is 27.7. The molecule has 1 rings (SSSR count). The first-order valence-corrected chi connectivity index (χ1v) is 10.2. The average Bonchev–Trinajstić information content (AvgIpc) is 3.40. The maximum Gasteiger partial charge on any atom is 0.0431 e. The van der Waals surface area contributed by atoms with Gasteiger partial charge >= 0.3 is 0 Å². The lowest BCUT2D eigenvalue weighted by atomic mass is 10.1. The topological polar surface area (TPSA) is 20.2 Å². The molecule has 1 aliphatic carbocycles. The molecule has 0 atom stereocenters. The second-order valence-corrected chi connectivity index (χ2v) is 6.72. The van der Waals surface area contributed by atoms with Gasteiger partial charge < -0.3 is 5.11 Å². The van der Waals surface area contributed by atoms with Crippen molar-refractivity contribution in [2.75, 3.05) is 6.61 Å².